The lowest BCUT2D eigenvalue weighted by Crippen LogP contribution is -2.18. The molecule has 2 aromatic rings. The van der Waals surface area contributed by atoms with Crippen LogP contribution in [-0.4, -0.2) is 10.9 Å². The maximum Gasteiger partial charge on any atom is 0.224 e. The van der Waals surface area contributed by atoms with E-state index in [-0.39, 0.29) is 5.91 Å². The van der Waals surface area contributed by atoms with Crippen molar-refractivity contribution in [3.05, 3.63) is 48.2 Å². The van der Waals surface area contributed by atoms with E-state index in [1.807, 2.05) is 30.3 Å². The van der Waals surface area contributed by atoms with Gasteiger partial charge in [0.1, 0.15) is 5.82 Å². The molecule has 3 rings (SSSR count). The molecule has 0 saturated carbocycles. The van der Waals surface area contributed by atoms with Crippen LogP contribution in [0.15, 0.2) is 42.6 Å². The molecule has 0 bridgehead atoms. The third kappa shape index (κ3) is 2.18. The highest BCUT2D eigenvalue weighted by molar-refractivity contribution is 5.94. The summed E-state index contributed by atoms with van der Waals surface area (Å²) in [5.41, 5.74) is 3.07. The Bertz CT molecular complexity index is 581. The van der Waals surface area contributed by atoms with Gasteiger partial charge in [-0.15, -0.1) is 0 Å². The Morgan fingerprint density at radius 2 is 2.11 bits per heavy atom. The van der Waals surface area contributed by atoms with E-state index in [1.165, 1.54) is 0 Å². The van der Waals surface area contributed by atoms with Gasteiger partial charge in [-0.2, -0.15) is 0 Å². The number of aromatic nitrogens is 1. The van der Waals surface area contributed by atoms with Crippen LogP contribution in [0.2, 0.25) is 0 Å². The van der Waals surface area contributed by atoms with E-state index in [9.17, 15) is 4.79 Å². The van der Waals surface area contributed by atoms with Crippen LogP contribution >= 0.6 is 0 Å². The average molecular weight is 239 g/mol. The van der Waals surface area contributed by atoms with Crippen molar-refractivity contribution in [2.45, 2.75) is 12.8 Å². The zero-order valence-electron chi connectivity index (χ0n) is 9.81. The van der Waals surface area contributed by atoms with Crippen molar-refractivity contribution in [2.75, 3.05) is 10.6 Å². The average Bonchev–Trinajstić information content (AvgIpc) is 2.40. The first kappa shape index (κ1) is 10.8. The number of hydrogen-bond donors (Lipinski definition) is 2. The first-order valence-corrected chi connectivity index (χ1v) is 5.92. The number of benzene rings is 1. The van der Waals surface area contributed by atoms with E-state index in [0.29, 0.717) is 6.42 Å². The second kappa shape index (κ2) is 4.49. The molecule has 1 aromatic carbocycles. The highest BCUT2D eigenvalue weighted by Gasteiger charge is 2.14. The van der Waals surface area contributed by atoms with E-state index < -0.39 is 0 Å². The predicted molar refractivity (Wildman–Crippen MR) is 70.9 cm³/mol. The number of hydrogen-bond acceptors (Lipinski definition) is 3. The molecule has 0 atom stereocenters. The van der Waals surface area contributed by atoms with Gasteiger partial charge in [-0.25, -0.2) is 4.98 Å². The van der Waals surface area contributed by atoms with E-state index >= 15 is 0 Å². The van der Waals surface area contributed by atoms with Crippen molar-refractivity contribution in [3.63, 3.8) is 0 Å². The molecule has 0 radical (unpaired) electrons. The molecule has 0 saturated heterocycles. The third-order valence-electron chi connectivity index (χ3n) is 2.94. The van der Waals surface area contributed by atoms with Crippen LogP contribution in [0, 0.1) is 0 Å². The van der Waals surface area contributed by atoms with Gasteiger partial charge in [0, 0.05) is 24.0 Å². The molecule has 1 aliphatic heterocycles. The molecule has 1 amide bonds. The summed E-state index contributed by atoms with van der Waals surface area (Å²) in [5, 5.41) is 6.11. The molecule has 2 heterocycles. The van der Waals surface area contributed by atoms with Gasteiger partial charge in [0.05, 0.1) is 0 Å². The van der Waals surface area contributed by atoms with Crippen molar-refractivity contribution in [1.82, 2.24) is 4.98 Å². The summed E-state index contributed by atoms with van der Waals surface area (Å²) < 4.78 is 0. The fourth-order valence-corrected chi connectivity index (χ4v) is 2.05. The van der Waals surface area contributed by atoms with E-state index in [4.69, 9.17) is 0 Å². The minimum absolute atomic E-state index is 0.0907. The van der Waals surface area contributed by atoms with Crippen LogP contribution in [0.4, 0.5) is 17.2 Å². The monoisotopic (exact) mass is 239 g/mol. The minimum Gasteiger partial charge on any atom is -0.340 e. The first-order valence-electron chi connectivity index (χ1n) is 5.92. The van der Waals surface area contributed by atoms with Crippen LogP contribution < -0.4 is 10.6 Å². The van der Waals surface area contributed by atoms with Gasteiger partial charge in [-0.3, -0.25) is 4.79 Å². The molecule has 4 heteroatoms. The number of anilines is 3. The Labute approximate surface area is 105 Å². The summed E-state index contributed by atoms with van der Waals surface area (Å²) >= 11 is 0. The van der Waals surface area contributed by atoms with Crippen LogP contribution in [0.5, 0.6) is 0 Å². The lowest BCUT2D eigenvalue weighted by molar-refractivity contribution is -0.116. The molecule has 0 spiro atoms. The molecule has 4 nitrogen and oxygen atoms in total. The zero-order chi connectivity index (χ0) is 12.4. The highest BCUT2D eigenvalue weighted by atomic mass is 16.1. The summed E-state index contributed by atoms with van der Waals surface area (Å²) in [5.74, 6) is 0.908. The van der Waals surface area contributed by atoms with Gasteiger partial charge in [-0.05, 0) is 42.3 Å². The fraction of sp³-hybridized carbons (Fsp3) is 0.143. The topological polar surface area (TPSA) is 54.0 Å². The Hall–Kier alpha value is -2.36. The molecule has 18 heavy (non-hydrogen) atoms. The Morgan fingerprint density at radius 3 is 2.94 bits per heavy atom. The molecule has 0 aliphatic carbocycles. The minimum atomic E-state index is 0.0907. The predicted octanol–water partition coefficient (Wildman–Crippen LogP) is 2.71. The normalized spacial score (nSPS) is 13.7. The maximum atomic E-state index is 11.3. The summed E-state index contributed by atoms with van der Waals surface area (Å²) in [6.07, 6.45) is 3.10. The Kier molecular flexibility index (Phi) is 2.68. The van der Waals surface area contributed by atoms with Gasteiger partial charge in [0.25, 0.3) is 0 Å². The number of rotatable bonds is 2. The second-order valence-corrected chi connectivity index (χ2v) is 4.26. The summed E-state index contributed by atoms with van der Waals surface area (Å²) in [6, 6.07) is 11.7. The lowest BCUT2D eigenvalue weighted by atomic mass is 10.0. The van der Waals surface area contributed by atoms with Crippen molar-refractivity contribution >= 4 is 23.1 Å². The van der Waals surface area contributed by atoms with Gasteiger partial charge >= 0.3 is 0 Å². The number of carbonyl (C=O) groups is 1. The molecular weight excluding hydrogens is 226 g/mol. The van der Waals surface area contributed by atoms with Crippen LogP contribution in [0.3, 0.4) is 0 Å². The van der Waals surface area contributed by atoms with E-state index in [0.717, 1.165) is 29.2 Å². The zero-order valence-corrected chi connectivity index (χ0v) is 9.81. The van der Waals surface area contributed by atoms with Crippen LogP contribution in [0.25, 0.3) is 0 Å². The summed E-state index contributed by atoms with van der Waals surface area (Å²) in [7, 11) is 0. The number of nitrogens with one attached hydrogen (secondary N) is 2. The second-order valence-electron chi connectivity index (χ2n) is 4.26. The van der Waals surface area contributed by atoms with Crippen molar-refractivity contribution in [2.24, 2.45) is 0 Å². The number of nitrogens with zero attached hydrogens (tertiary/aromatic N) is 1. The highest BCUT2D eigenvalue weighted by Crippen LogP contribution is 2.26. The number of fused-ring (bicyclic) bond motifs is 1. The van der Waals surface area contributed by atoms with Crippen LogP contribution in [-0.2, 0) is 11.2 Å². The third-order valence-corrected chi connectivity index (χ3v) is 2.94. The SMILES string of the molecule is O=C1CCc2cc(Nc3ccccn3)ccc2N1. The van der Waals surface area contributed by atoms with Gasteiger partial charge in [0.2, 0.25) is 5.91 Å². The Morgan fingerprint density at radius 1 is 1.17 bits per heavy atom. The maximum absolute atomic E-state index is 11.3. The number of amides is 1. The molecule has 2 N–H and O–H groups in total. The lowest BCUT2D eigenvalue weighted by Gasteiger charge is -2.17. The molecular formula is C14H13N3O. The molecule has 0 fully saturated rings. The summed E-state index contributed by atoms with van der Waals surface area (Å²) in [4.78, 5) is 15.5. The van der Waals surface area contributed by atoms with Crippen LogP contribution in [0.1, 0.15) is 12.0 Å². The van der Waals surface area contributed by atoms with Gasteiger partial charge < -0.3 is 10.6 Å². The molecule has 1 aliphatic rings. The largest absolute Gasteiger partial charge is 0.340 e. The van der Waals surface area contributed by atoms with Gasteiger partial charge in [-0.1, -0.05) is 6.07 Å². The number of pyridine rings is 1. The summed E-state index contributed by atoms with van der Waals surface area (Å²) in [6.45, 7) is 0. The van der Waals surface area contributed by atoms with Crippen molar-refractivity contribution in [1.29, 1.82) is 0 Å². The van der Waals surface area contributed by atoms with E-state index in [2.05, 4.69) is 21.7 Å². The first-order chi connectivity index (χ1) is 8.81. The number of aryl methyl sites for hydroxylation is 1. The van der Waals surface area contributed by atoms with Crippen molar-refractivity contribution in [3.8, 4) is 0 Å². The fourth-order valence-electron chi connectivity index (χ4n) is 2.05. The smallest absolute Gasteiger partial charge is 0.224 e. The standard InChI is InChI=1S/C14H13N3O/c18-14-7-4-10-9-11(5-6-12(10)17-14)16-13-3-1-2-8-15-13/h1-3,5-6,8-9H,4,7H2,(H,15,16)(H,17,18). The quantitative estimate of drug-likeness (QED) is 0.847. The molecule has 90 valence electrons. The number of carbonyl (C=O) groups excluding carboxylic acids is 1. The van der Waals surface area contributed by atoms with Gasteiger partial charge in [0.15, 0.2) is 0 Å². The van der Waals surface area contributed by atoms with Crippen molar-refractivity contribution < 1.29 is 4.79 Å². The molecule has 1 aromatic heterocycles. The van der Waals surface area contributed by atoms with E-state index in [1.54, 1.807) is 6.20 Å². The Balaban J connectivity index is 1.85. The molecule has 0 unspecified atom stereocenters.